The van der Waals surface area contributed by atoms with Crippen molar-refractivity contribution in [1.82, 2.24) is 20.3 Å². The topological polar surface area (TPSA) is 53.6 Å². The van der Waals surface area contributed by atoms with Crippen LogP contribution in [0.25, 0.3) is 10.8 Å². The largest absolute Gasteiger partial charge is 0.343 e. The van der Waals surface area contributed by atoms with Gasteiger partial charge in [0.05, 0.1) is 11.7 Å². The van der Waals surface area contributed by atoms with Crippen LogP contribution in [-0.4, -0.2) is 21.5 Å². The Bertz CT molecular complexity index is 503. The Morgan fingerprint density at radius 2 is 2.50 bits per heavy atom. The van der Waals surface area contributed by atoms with Gasteiger partial charge in [-0.05, 0) is 32.2 Å². The smallest absolute Gasteiger partial charge is 0.166 e. The van der Waals surface area contributed by atoms with Crippen LogP contribution in [0.3, 0.4) is 0 Å². The number of H-pyrrole nitrogens is 1. The zero-order valence-corrected chi connectivity index (χ0v) is 11.4. The zero-order valence-electron chi connectivity index (χ0n) is 10.6. The molecule has 0 aliphatic heterocycles. The minimum atomic E-state index is 0.439. The van der Waals surface area contributed by atoms with Gasteiger partial charge in [0.2, 0.25) is 0 Å². The molecule has 3 rings (SSSR count). The van der Waals surface area contributed by atoms with Crippen LogP contribution < -0.4 is 5.32 Å². The molecular formula is C13H18N4S. The molecule has 0 radical (unpaired) electrons. The van der Waals surface area contributed by atoms with Gasteiger partial charge in [0.15, 0.2) is 10.8 Å². The Morgan fingerprint density at radius 1 is 1.56 bits per heavy atom. The molecule has 0 amide bonds. The van der Waals surface area contributed by atoms with Crippen LogP contribution in [-0.2, 0) is 6.42 Å². The molecule has 2 aromatic rings. The number of imidazole rings is 1. The van der Waals surface area contributed by atoms with Crippen molar-refractivity contribution in [2.75, 3.05) is 6.54 Å². The third kappa shape index (κ3) is 2.20. The van der Waals surface area contributed by atoms with Gasteiger partial charge in [-0.2, -0.15) is 0 Å². The summed E-state index contributed by atoms with van der Waals surface area (Å²) in [6.07, 6.45) is 8.42. The maximum absolute atomic E-state index is 4.79. The van der Waals surface area contributed by atoms with E-state index in [4.69, 9.17) is 4.98 Å². The molecule has 1 unspecified atom stereocenters. The summed E-state index contributed by atoms with van der Waals surface area (Å²) in [5, 5.41) is 4.62. The third-order valence-corrected chi connectivity index (χ3v) is 4.43. The summed E-state index contributed by atoms with van der Waals surface area (Å²) >= 11 is 1.79. The molecule has 0 saturated heterocycles. The number of nitrogens with one attached hydrogen (secondary N) is 2. The second kappa shape index (κ2) is 5.20. The van der Waals surface area contributed by atoms with Crippen molar-refractivity contribution < 1.29 is 0 Å². The molecule has 0 bridgehead atoms. The van der Waals surface area contributed by atoms with E-state index < -0.39 is 0 Å². The van der Waals surface area contributed by atoms with Crippen LogP contribution in [0.1, 0.15) is 42.8 Å². The van der Waals surface area contributed by atoms with E-state index in [9.17, 15) is 0 Å². The SMILES string of the molecule is CCCNC1CCCc2sc(-c3ncc[nH]3)nc21. The Hall–Kier alpha value is -1.20. The molecule has 2 aromatic heterocycles. The number of nitrogens with zero attached hydrogens (tertiary/aromatic N) is 2. The Labute approximate surface area is 111 Å². The molecule has 5 heteroatoms. The first-order valence-electron chi connectivity index (χ1n) is 6.61. The average molecular weight is 262 g/mol. The number of aryl methyl sites for hydroxylation is 1. The quantitative estimate of drug-likeness (QED) is 0.890. The summed E-state index contributed by atoms with van der Waals surface area (Å²) < 4.78 is 0. The second-order valence-corrected chi connectivity index (χ2v) is 5.75. The summed E-state index contributed by atoms with van der Waals surface area (Å²) in [6, 6.07) is 0.439. The standard InChI is InChI=1S/C13H18N4S/c1-2-6-14-9-4-3-5-10-11(9)17-13(18-10)12-15-7-8-16-12/h7-9,14H,2-6H2,1H3,(H,15,16). The predicted molar refractivity (Wildman–Crippen MR) is 73.7 cm³/mol. The monoisotopic (exact) mass is 262 g/mol. The van der Waals surface area contributed by atoms with Crippen molar-refractivity contribution in [1.29, 1.82) is 0 Å². The number of hydrogen-bond acceptors (Lipinski definition) is 4. The lowest BCUT2D eigenvalue weighted by Gasteiger charge is -2.21. The minimum Gasteiger partial charge on any atom is -0.343 e. The normalized spacial score (nSPS) is 18.8. The van der Waals surface area contributed by atoms with Gasteiger partial charge in [-0.1, -0.05) is 6.92 Å². The van der Waals surface area contributed by atoms with Gasteiger partial charge in [-0.3, -0.25) is 0 Å². The molecule has 0 aromatic carbocycles. The number of aromatic nitrogens is 3. The Morgan fingerprint density at radius 3 is 3.28 bits per heavy atom. The zero-order chi connectivity index (χ0) is 12.4. The highest BCUT2D eigenvalue weighted by molar-refractivity contribution is 7.15. The third-order valence-electron chi connectivity index (χ3n) is 3.30. The van der Waals surface area contributed by atoms with Gasteiger partial charge in [0.1, 0.15) is 0 Å². The van der Waals surface area contributed by atoms with Crippen molar-refractivity contribution in [2.45, 2.75) is 38.6 Å². The highest BCUT2D eigenvalue weighted by Gasteiger charge is 2.24. The number of aromatic amines is 1. The fraction of sp³-hybridized carbons (Fsp3) is 0.538. The molecule has 0 spiro atoms. The van der Waals surface area contributed by atoms with E-state index in [0.717, 1.165) is 23.8 Å². The molecule has 2 N–H and O–H groups in total. The molecule has 2 heterocycles. The summed E-state index contributed by atoms with van der Waals surface area (Å²) in [6.45, 7) is 3.27. The number of rotatable bonds is 4. The van der Waals surface area contributed by atoms with Gasteiger partial charge in [-0.15, -0.1) is 11.3 Å². The van der Waals surface area contributed by atoms with Gasteiger partial charge < -0.3 is 10.3 Å². The summed E-state index contributed by atoms with van der Waals surface area (Å²) in [5.41, 5.74) is 1.26. The average Bonchev–Trinajstić information content (AvgIpc) is 3.03. The number of hydrogen-bond donors (Lipinski definition) is 2. The van der Waals surface area contributed by atoms with E-state index in [1.165, 1.54) is 29.8 Å². The van der Waals surface area contributed by atoms with Crippen LogP contribution in [0.4, 0.5) is 0 Å². The molecule has 0 saturated carbocycles. The first kappa shape index (κ1) is 11.9. The van der Waals surface area contributed by atoms with E-state index in [1.54, 1.807) is 17.5 Å². The summed E-state index contributed by atoms with van der Waals surface area (Å²) in [5.74, 6) is 0.892. The second-order valence-electron chi connectivity index (χ2n) is 4.66. The van der Waals surface area contributed by atoms with E-state index in [1.807, 2.05) is 6.20 Å². The fourth-order valence-corrected chi connectivity index (χ4v) is 3.54. The maximum atomic E-state index is 4.79. The Kier molecular flexibility index (Phi) is 3.43. The van der Waals surface area contributed by atoms with Crippen molar-refractivity contribution in [2.24, 2.45) is 0 Å². The van der Waals surface area contributed by atoms with E-state index >= 15 is 0 Å². The van der Waals surface area contributed by atoms with Crippen LogP contribution >= 0.6 is 11.3 Å². The van der Waals surface area contributed by atoms with Crippen molar-refractivity contribution in [3.8, 4) is 10.8 Å². The van der Waals surface area contributed by atoms with Gasteiger partial charge in [0, 0.05) is 17.3 Å². The van der Waals surface area contributed by atoms with E-state index in [0.29, 0.717) is 6.04 Å². The molecule has 96 valence electrons. The lowest BCUT2D eigenvalue weighted by Crippen LogP contribution is -2.25. The predicted octanol–water partition coefficient (Wildman–Crippen LogP) is 2.91. The number of fused-ring (bicyclic) bond motifs is 1. The highest BCUT2D eigenvalue weighted by atomic mass is 32.1. The van der Waals surface area contributed by atoms with Gasteiger partial charge >= 0.3 is 0 Å². The molecule has 0 fully saturated rings. The number of thiazole rings is 1. The van der Waals surface area contributed by atoms with E-state index in [-0.39, 0.29) is 0 Å². The van der Waals surface area contributed by atoms with E-state index in [2.05, 4.69) is 22.2 Å². The molecular weight excluding hydrogens is 244 g/mol. The molecule has 1 aliphatic rings. The lowest BCUT2D eigenvalue weighted by atomic mass is 9.97. The van der Waals surface area contributed by atoms with Crippen LogP contribution in [0.15, 0.2) is 12.4 Å². The lowest BCUT2D eigenvalue weighted by molar-refractivity contribution is 0.454. The summed E-state index contributed by atoms with van der Waals surface area (Å²) in [7, 11) is 0. The van der Waals surface area contributed by atoms with Crippen molar-refractivity contribution in [3.63, 3.8) is 0 Å². The first-order chi connectivity index (χ1) is 8.88. The summed E-state index contributed by atoms with van der Waals surface area (Å²) in [4.78, 5) is 13.6. The van der Waals surface area contributed by atoms with Crippen LogP contribution in [0.2, 0.25) is 0 Å². The fourth-order valence-electron chi connectivity index (χ4n) is 2.42. The van der Waals surface area contributed by atoms with Gasteiger partial charge in [0.25, 0.3) is 0 Å². The maximum Gasteiger partial charge on any atom is 0.166 e. The van der Waals surface area contributed by atoms with Crippen molar-refractivity contribution in [3.05, 3.63) is 23.0 Å². The molecule has 1 atom stereocenters. The molecule has 4 nitrogen and oxygen atoms in total. The molecule has 1 aliphatic carbocycles. The highest BCUT2D eigenvalue weighted by Crippen LogP contribution is 2.36. The molecule has 18 heavy (non-hydrogen) atoms. The minimum absolute atomic E-state index is 0.439. The van der Waals surface area contributed by atoms with Crippen LogP contribution in [0, 0.1) is 0 Å². The van der Waals surface area contributed by atoms with Crippen LogP contribution in [0.5, 0.6) is 0 Å². The Balaban J connectivity index is 1.88. The van der Waals surface area contributed by atoms with Crippen molar-refractivity contribution >= 4 is 11.3 Å². The van der Waals surface area contributed by atoms with Gasteiger partial charge in [-0.25, -0.2) is 9.97 Å². The first-order valence-corrected chi connectivity index (χ1v) is 7.43.